The van der Waals surface area contributed by atoms with E-state index in [2.05, 4.69) is 4.90 Å². The summed E-state index contributed by atoms with van der Waals surface area (Å²) in [7, 11) is 0. The molecule has 146 valence electrons. The van der Waals surface area contributed by atoms with Crippen LogP contribution in [0.4, 0.5) is 11.8 Å². The van der Waals surface area contributed by atoms with Gasteiger partial charge >= 0.3 is 0 Å². The second-order valence-electron chi connectivity index (χ2n) is 7.05. The van der Waals surface area contributed by atoms with Crippen LogP contribution in [0.5, 0.6) is 0 Å². The summed E-state index contributed by atoms with van der Waals surface area (Å²) in [6.45, 7) is 1.88. The van der Waals surface area contributed by atoms with E-state index in [0.29, 0.717) is 32.8 Å². The van der Waals surface area contributed by atoms with Crippen LogP contribution in [0.1, 0.15) is 12.8 Å². The first-order valence-electron chi connectivity index (χ1n) is 9.43. The van der Waals surface area contributed by atoms with Crippen LogP contribution >= 0.6 is 23.2 Å². The maximum Gasteiger partial charge on any atom is 0.228 e. The average molecular weight is 425 g/mol. The quantitative estimate of drug-likeness (QED) is 0.502. The van der Waals surface area contributed by atoms with E-state index in [1.807, 2.05) is 48.5 Å². The number of nitrogens with zero attached hydrogens (tertiary/aromatic N) is 5. The van der Waals surface area contributed by atoms with Crippen LogP contribution in [0.15, 0.2) is 48.5 Å². The predicted octanol–water partition coefficient (Wildman–Crippen LogP) is 4.97. The van der Waals surface area contributed by atoms with Gasteiger partial charge in [-0.3, -0.25) is 0 Å². The number of benzene rings is 2. The van der Waals surface area contributed by atoms with Crippen molar-refractivity contribution in [2.45, 2.75) is 12.8 Å². The molecule has 0 spiro atoms. The highest BCUT2D eigenvalue weighted by molar-refractivity contribution is 6.31. The number of nitrogens with two attached hydrogens (primary N) is 1. The fraction of sp³-hybridized carbons (Fsp3) is 0.190. The molecule has 5 rings (SSSR count). The van der Waals surface area contributed by atoms with Gasteiger partial charge in [-0.25, -0.2) is 9.67 Å². The zero-order valence-electron chi connectivity index (χ0n) is 15.5. The molecule has 2 aromatic heterocycles. The second kappa shape index (κ2) is 7.21. The number of aromatic nitrogens is 4. The Balaban J connectivity index is 1.76. The zero-order valence-corrected chi connectivity index (χ0v) is 17.0. The van der Waals surface area contributed by atoms with Crippen LogP contribution in [0.2, 0.25) is 10.0 Å². The first-order chi connectivity index (χ1) is 14.1. The van der Waals surface area contributed by atoms with Gasteiger partial charge in [0.25, 0.3) is 0 Å². The summed E-state index contributed by atoms with van der Waals surface area (Å²) in [5.41, 5.74) is 9.51. The molecule has 0 amide bonds. The largest absolute Gasteiger partial charge is 0.383 e. The first kappa shape index (κ1) is 18.2. The molecule has 1 saturated heterocycles. The molecule has 1 aliphatic heterocycles. The zero-order chi connectivity index (χ0) is 20.0. The molecule has 0 unspecified atom stereocenters. The van der Waals surface area contributed by atoms with Crippen LogP contribution in [0, 0.1) is 0 Å². The molecule has 0 atom stereocenters. The fourth-order valence-electron chi connectivity index (χ4n) is 3.68. The summed E-state index contributed by atoms with van der Waals surface area (Å²) >= 11 is 12.3. The summed E-state index contributed by atoms with van der Waals surface area (Å²) in [6.07, 6.45) is 2.27. The topological polar surface area (TPSA) is 72.9 Å². The molecule has 29 heavy (non-hydrogen) atoms. The van der Waals surface area contributed by atoms with Crippen molar-refractivity contribution in [3.8, 4) is 16.9 Å². The van der Waals surface area contributed by atoms with Gasteiger partial charge in [0.15, 0.2) is 5.65 Å². The molecule has 8 heteroatoms. The highest BCUT2D eigenvalue weighted by atomic mass is 35.5. The molecule has 2 aromatic carbocycles. The lowest BCUT2D eigenvalue weighted by Gasteiger charge is -2.16. The lowest BCUT2D eigenvalue weighted by atomic mass is 10.1. The van der Waals surface area contributed by atoms with Crippen LogP contribution in [0.3, 0.4) is 0 Å². The minimum atomic E-state index is 0.477. The highest BCUT2D eigenvalue weighted by Gasteiger charge is 2.22. The number of rotatable bonds is 3. The SMILES string of the molecule is Nc1c2c(-c3cccc(Cl)c3)nc(N3CCCC3)nc2nn1-c1ccc(Cl)cc1. The smallest absolute Gasteiger partial charge is 0.228 e. The fourth-order valence-corrected chi connectivity index (χ4v) is 4.00. The van der Waals surface area contributed by atoms with Gasteiger partial charge in [-0.15, -0.1) is 5.10 Å². The van der Waals surface area contributed by atoms with Crippen LogP contribution in [-0.4, -0.2) is 32.8 Å². The van der Waals surface area contributed by atoms with E-state index >= 15 is 0 Å². The van der Waals surface area contributed by atoms with E-state index < -0.39 is 0 Å². The first-order valence-corrected chi connectivity index (χ1v) is 10.2. The van der Waals surface area contributed by atoms with E-state index in [9.17, 15) is 0 Å². The molecule has 2 N–H and O–H groups in total. The number of halogens is 2. The molecular weight excluding hydrogens is 407 g/mol. The van der Waals surface area contributed by atoms with Gasteiger partial charge < -0.3 is 10.6 Å². The summed E-state index contributed by atoms with van der Waals surface area (Å²) < 4.78 is 1.68. The van der Waals surface area contributed by atoms with E-state index in [1.165, 1.54) is 0 Å². The Kier molecular flexibility index (Phi) is 4.53. The maximum atomic E-state index is 6.53. The minimum absolute atomic E-state index is 0.477. The van der Waals surface area contributed by atoms with Crippen molar-refractivity contribution in [3.63, 3.8) is 0 Å². The molecule has 0 bridgehead atoms. The molecule has 0 aliphatic carbocycles. The third-order valence-corrected chi connectivity index (χ3v) is 5.60. The predicted molar refractivity (Wildman–Crippen MR) is 118 cm³/mol. The van der Waals surface area contributed by atoms with Crippen molar-refractivity contribution in [3.05, 3.63) is 58.6 Å². The Bertz CT molecular complexity index is 1200. The van der Waals surface area contributed by atoms with E-state index in [4.69, 9.17) is 44.0 Å². The average Bonchev–Trinajstić information content (AvgIpc) is 3.37. The Morgan fingerprint density at radius 3 is 2.38 bits per heavy atom. The van der Waals surface area contributed by atoms with Crippen molar-refractivity contribution in [1.82, 2.24) is 19.7 Å². The lowest BCUT2D eigenvalue weighted by molar-refractivity contribution is 0.883. The third kappa shape index (κ3) is 3.28. The van der Waals surface area contributed by atoms with Gasteiger partial charge in [0.05, 0.1) is 16.8 Å². The highest BCUT2D eigenvalue weighted by Crippen LogP contribution is 2.34. The van der Waals surface area contributed by atoms with Crippen molar-refractivity contribution in [1.29, 1.82) is 0 Å². The van der Waals surface area contributed by atoms with E-state index in [1.54, 1.807) is 4.68 Å². The molecule has 0 radical (unpaired) electrons. The van der Waals surface area contributed by atoms with Gasteiger partial charge in [0, 0.05) is 28.7 Å². The van der Waals surface area contributed by atoms with Crippen molar-refractivity contribution in [2.75, 3.05) is 23.7 Å². The van der Waals surface area contributed by atoms with Crippen molar-refractivity contribution in [2.24, 2.45) is 0 Å². The third-order valence-electron chi connectivity index (χ3n) is 5.12. The Labute approximate surface area is 177 Å². The summed E-state index contributed by atoms with van der Waals surface area (Å²) in [5.74, 6) is 1.15. The Hall–Kier alpha value is -2.83. The van der Waals surface area contributed by atoms with Gasteiger partial charge in [0.1, 0.15) is 5.82 Å². The van der Waals surface area contributed by atoms with Crippen LogP contribution in [-0.2, 0) is 0 Å². The van der Waals surface area contributed by atoms with Gasteiger partial charge in [-0.1, -0.05) is 35.3 Å². The summed E-state index contributed by atoms with van der Waals surface area (Å²) in [5, 5.41) is 6.70. The molecule has 1 fully saturated rings. The molecule has 0 saturated carbocycles. The van der Waals surface area contributed by atoms with E-state index in [0.717, 1.165) is 42.9 Å². The molecule has 3 heterocycles. The number of nitrogen functional groups attached to an aromatic ring is 1. The van der Waals surface area contributed by atoms with Crippen molar-refractivity contribution < 1.29 is 0 Å². The number of fused-ring (bicyclic) bond motifs is 1. The Morgan fingerprint density at radius 2 is 1.66 bits per heavy atom. The molecular formula is C21H18Cl2N6. The van der Waals surface area contributed by atoms with Gasteiger partial charge in [-0.05, 0) is 49.2 Å². The summed E-state index contributed by atoms with van der Waals surface area (Å²) in [4.78, 5) is 11.8. The summed E-state index contributed by atoms with van der Waals surface area (Å²) in [6, 6.07) is 15.0. The molecule has 1 aliphatic rings. The monoisotopic (exact) mass is 424 g/mol. The normalized spacial score (nSPS) is 14.1. The Morgan fingerprint density at radius 1 is 0.897 bits per heavy atom. The molecule has 4 aromatic rings. The number of anilines is 2. The number of hydrogen-bond acceptors (Lipinski definition) is 5. The lowest BCUT2D eigenvalue weighted by Crippen LogP contribution is -2.20. The minimum Gasteiger partial charge on any atom is -0.383 e. The molecule has 6 nitrogen and oxygen atoms in total. The van der Waals surface area contributed by atoms with Gasteiger partial charge in [-0.2, -0.15) is 4.98 Å². The van der Waals surface area contributed by atoms with Gasteiger partial charge in [0.2, 0.25) is 5.95 Å². The maximum absolute atomic E-state index is 6.53. The standard InChI is InChI=1S/C21H18Cl2N6/c22-14-6-8-16(9-7-14)29-19(24)17-18(13-4-3-5-15(23)12-13)25-21(26-20(17)27-29)28-10-1-2-11-28/h3-9,12H,1-2,10-11,24H2. The second-order valence-corrected chi connectivity index (χ2v) is 7.92. The number of hydrogen-bond donors (Lipinski definition) is 1. The van der Waals surface area contributed by atoms with Crippen molar-refractivity contribution >= 4 is 46.0 Å². The van der Waals surface area contributed by atoms with E-state index in [-0.39, 0.29) is 0 Å². The van der Waals surface area contributed by atoms with Crippen LogP contribution < -0.4 is 10.6 Å². The van der Waals surface area contributed by atoms with Crippen LogP contribution in [0.25, 0.3) is 28.0 Å².